The lowest BCUT2D eigenvalue weighted by Gasteiger charge is -2.27. The van der Waals surface area contributed by atoms with Crippen LogP contribution in [0.4, 0.5) is 5.69 Å². The Labute approximate surface area is 229 Å². The summed E-state index contributed by atoms with van der Waals surface area (Å²) < 4.78 is 4.96. The number of aromatic hydroxyl groups is 1. The number of H-pyrrole nitrogens is 1. The molecule has 40 heavy (non-hydrogen) atoms. The van der Waals surface area contributed by atoms with Gasteiger partial charge in [-0.3, -0.25) is 14.5 Å². The number of carbonyl (C=O) groups excluding carboxylic acids is 2. The van der Waals surface area contributed by atoms with E-state index in [1.165, 1.54) is 12.1 Å². The first-order chi connectivity index (χ1) is 19.4. The highest BCUT2D eigenvalue weighted by Crippen LogP contribution is 2.33. The van der Waals surface area contributed by atoms with Gasteiger partial charge in [-0.05, 0) is 35.4 Å². The van der Waals surface area contributed by atoms with Gasteiger partial charge in [0.05, 0.1) is 35.6 Å². The van der Waals surface area contributed by atoms with E-state index in [1.807, 2.05) is 48.5 Å². The van der Waals surface area contributed by atoms with E-state index in [4.69, 9.17) is 9.73 Å². The lowest BCUT2D eigenvalue weighted by Crippen LogP contribution is -2.45. The minimum absolute atomic E-state index is 0.0506. The molecule has 3 heterocycles. The number of benzene rings is 3. The van der Waals surface area contributed by atoms with Gasteiger partial charge in [-0.15, -0.1) is 0 Å². The number of hydrogen-bond donors (Lipinski definition) is 3. The van der Waals surface area contributed by atoms with Crippen molar-refractivity contribution in [3.8, 4) is 5.88 Å². The average Bonchev–Trinajstić information content (AvgIpc) is 3.52. The summed E-state index contributed by atoms with van der Waals surface area (Å²) in [5.74, 6) is -1.53. The first kappa shape index (κ1) is 25.3. The SMILES string of the molecule is O=C1CN(CC(=O)N2Cc3ccc(N=C(c4ccccc4)c4c(O)[nH]c5cc(C(=O)O)ccc45)cc3C2)CCO1. The van der Waals surface area contributed by atoms with Crippen molar-refractivity contribution in [2.45, 2.75) is 13.1 Å². The number of amides is 1. The lowest BCUT2D eigenvalue weighted by molar-refractivity contribution is -0.151. The lowest BCUT2D eigenvalue weighted by atomic mass is 10.00. The van der Waals surface area contributed by atoms with Crippen molar-refractivity contribution in [1.82, 2.24) is 14.8 Å². The van der Waals surface area contributed by atoms with Gasteiger partial charge in [0.25, 0.3) is 0 Å². The number of aliphatic imine (C=N–C) groups is 1. The van der Waals surface area contributed by atoms with E-state index in [-0.39, 0.29) is 36.4 Å². The maximum Gasteiger partial charge on any atom is 0.335 e. The molecule has 2 aliphatic heterocycles. The van der Waals surface area contributed by atoms with Crippen LogP contribution < -0.4 is 0 Å². The average molecular weight is 539 g/mol. The third-order valence-corrected chi connectivity index (χ3v) is 7.20. The molecule has 0 atom stereocenters. The smallest absolute Gasteiger partial charge is 0.335 e. The summed E-state index contributed by atoms with van der Waals surface area (Å²) in [5.41, 5.74) is 5.03. The van der Waals surface area contributed by atoms with Crippen LogP contribution in [-0.4, -0.2) is 74.8 Å². The van der Waals surface area contributed by atoms with Gasteiger partial charge in [0.15, 0.2) is 5.88 Å². The molecule has 2 aliphatic rings. The number of hydrogen-bond acceptors (Lipinski definition) is 7. The third-order valence-electron chi connectivity index (χ3n) is 7.20. The number of cyclic esters (lactones) is 1. The Morgan fingerprint density at radius 1 is 0.950 bits per heavy atom. The summed E-state index contributed by atoms with van der Waals surface area (Å²) in [6.45, 7) is 2.04. The van der Waals surface area contributed by atoms with Crippen LogP contribution in [-0.2, 0) is 27.4 Å². The zero-order chi connectivity index (χ0) is 27.8. The van der Waals surface area contributed by atoms with Crippen LogP contribution >= 0.6 is 0 Å². The summed E-state index contributed by atoms with van der Waals surface area (Å²) in [6.07, 6.45) is 0. The van der Waals surface area contributed by atoms with Crippen LogP contribution in [0.25, 0.3) is 10.9 Å². The van der Waals surface area contributed by atoms with Crippen molar-refractivity contribution >= 4 is 40.1 Å². The first-order valence-corrected chi connectivity index (χ1v) is 12.9. The molecule has 0 saturated carbocycles. The number of carbonyl (C=O) groups is 3. The summed E-state index contributed by atoms with van der Waals surface area (Å²) in [5, 5.41) is 20.9. The van der Waals surface area contributed by atoms with E-state index >= 15 is 0 Å². The molecule has 1 aromatic heterocycles. The predicted molar refractivity (Wildman–Crippen MR) is 147 cm³/mol. The molecule has 10 heteroatoms. The van der Waals surface area contributed by atoms with Crippen molar-refractivity contribution in [3.63, 3.8) is 0 Å². The first-order valence-electron chi connectivity index (χ1n) is 12.9. The second-order valence-electron chi connectivity index (χ2n) is 9.87. The second kappa shape index (κ2) is 10.3. The van der Waals surface area contributed by atoms with Crippen molar-refractivity contribution < 1.29 is 29.3 Å². The second-order valence-corrected chi connectivity index (χ2v) is 9.87. The standard InChI is InChI=1S/C30H26N4O6/c35-25(16-33-10-11-40-26(36)17-33)34-14-20-6-8-22(12-21(20)15-34)31-28(18-4-2-1-3-5-18)27-23-9-7-19(30(38)39)13-24(23)32-29(27)37/h1-9,12-13,32,37H,10-11,14-17H2,(H,38,39). The molecule has 3 aromatic carbocycles. The Hall–Kier alpha value is -4.96. The number of esters is 1. The number of aromatic amines is 1. The maximum atomic E-state index is 13.0. The van der Waals surface area contributed by atoms with Crippen LogP contribution in [0.3, 0.4) is 0 Å². The van der Waals surface area contributed by atoms with Crippen LogP contribution in [0.1, 0.15) is 32.6 Å². The molecule has 1 fully saturated rings. The van der Waals surface area contributed by atoms with Gasteiger partial charge in [0, 0.05) is 36.1 Å². The third kappa shape index (κ3) is 4.92. The Morgan fingerprint density at radius 2 is 1.75 bits per heavy atom. The summed E-state index contributed by atoms with van der Waals surface area (Å²) in [4.78, 5) is 47.4. The molecule has 0 radical (unpaired) electrons. The molecular weight excluding hydrogens is 512 g/mol. The number of nitrogens with one attached hydrogen (secondary N) is 1. The van der Waals surface area contributed by atoms with Gasteiger partial charge in [0.1, 0.15) is 6.61 Å². The van der Waals surface area contributed by atoms with Gasteiger partial charge in [-0.2, -0.15) is 0 Å². The molecule has 0 unspecified atom stereocenters. The zero-order valence-corrected chi connectivity index (χ0v) is 21.5. The fourth-order valence-corrected chi connectivity index (χ4v) is 5.19. The molecule has 10 nitrogen and oxygen atoms in total. The van der Waals surface area contributed by atoms with E-state index in [1.54, 1.807) is 15.9 Å². The topological polar surface area (TPSA) is 136 Å². The molecule has 1 saturated heterocycles. The van der Waals surface area contributed by atoms with Crippen molar-refractivity contribution in [1.29, 1.82) is 0 Å². The maximum absolute atomic E-state index is 13.0. The normalized spacial score (nSPS) is 15.8. The minimum Gasteiger partial charge on any atom is -0.494 e. The molecule has 0 spiro atoms. The number of carboxylic acid groups (broad SMARTS) is 1. The fraction of sp³-hybridized carbons (Fsp3) is 0.200. The predicted octanol–water partition coefficient (Wildman–Crippen LogP) is 3.44. The molecule has 4 aromatic rings. The molecule has 202 valence electrons. The summed E-state index contributed by atoms with van der Waals surface area (Å²) >= 11 is 0. The Morgan fingerprint density at radius 3 is 2.52 bits per heavy atom. The van der Waals surface area contributed by atoms with Crippen molar-refractivity contribution in [2.24, 2.45) is 4.99 Å². The van der Waals surface area contributed by atoms with Gasteiger partial charge in [0.2, 0.25) is 5.91 Å². The Balaban J connectivity index is 1.32. The van der Waals surface area contributed by atoms with E-state index in [9.17, 15) is 24.6 Å². The largest absolute Gasteiger partial charge is 0.494 e. The Bertz CT molecular complexity index is 1680. The number of morpholine rings is 1. The zero-order valence-electron chi connectivity index (χ0n) is 21.5. The van der Waals surface area contributed by atoms with E-state index < -0.39 is 5.97 Å². The monoisotopic (exact) mass is 538 g/mol. The summed E-state index contributed by atoms with van der Waals surface area (Å²) in [6, 6.07) is 19.9. The molecular formula is C30H26N4O6. The number of aromatic nitrogens is 1. The molecule has 1 amide bonds. The number of aromatic carboxylic acids is 1. The molecule has 0 aliphatic carbocycles. The highest BCUT2D eigenvalue weighted by molar-refractivity contribution is 6.22. The molecule has 6 rings (SSSR count). The molecule has 3 N–H and O–H groups in total. The number of fused-ring (bicyclic) bond motifs is 2. The van der Waals surface area contributed by atoms with Gasteiger partial charge in [-0.25, -0.2) is 9.79 Å². The van der Waals surface area contributed by atoms with Crippen LogP contribution in [0, 0.1) is 0 Å². The number of carboxylic acids is 1. The highest BCUT2D eigenvalue weighted by Gasteiger charge is 2.27. The van der Waals surface area contributed by atoms with Crippen molar-refractivity contribution in [3.05, 3.63) is 94.5 Å². The van der Waals surface area contributed by atoms with Crippen LogP contribution in [0.15, 0.2) is 71.7 Å². The van der Waals surface area contributed by atoms with Gasteiger partial charge >= 0.3 is 11.9 Å². The van der Waals surface area contributed by atoms with Gasteiger partial charge in [-0.1, -0.05) is 42.5 Å². The quantitative estimate of drug-likeness (QED) is 0.253. The Kier molecular flexibility index (Phi) is 6.53. The van der Waals surface area contributed by atoms with E-state index in [0.717, 1.165) is 16.7 Å². The molecule has 0 bridgehead atoms. The number of ether oxygens (including phenoxy) is 1. The highest BCUT2D eigenvalue weighted by atomic mass is 16.5. The fourth-order valence-electron chi connectivity index (χ4n) is 5.19. The van der Waals surface area contributed by atoms with Gasteiger partial charge < -0.3 is 24.8 Å². The van der Waals surface area contributed by atoms with Crippen LogP contribution in [0.5, 0.6) is 5.88 Å². The minimum atomic E-state index is -1.06. The summed E-state index contributed by atoms with van der Waals surface area (Å²) in [7, 11) is 0. The van der Waals surface area contributed by atoms with E-state index in [0.29, 0.717) is 54.1 Å². The number of nitrogens with zero attached hydrogens (tertiary/aromatic N) is 3. The van der Waals surface area contributed by atoms with Crippen LogP contribution in [0.2, 0.25) is 0 Å². The number of rotatable bonds is 6. The van der Waals surface area contributed by atoms with E-state index in [2.05, 4.69) is 4.98 Å². The van der Waals surface area contributed by atoms with Crippen molar-refractivity contribution in [2.75, 3.05) is 26.2 Å².